The van der Waals surface area contributed by atoms with E-state index in [1.165, 1.54) is 38.5 Å². The van der Waals surface area contributed by atoms with E-state index >= 15 is 0 Å². The van der Waals surface area contributed by atoms with E-state index in [1.807, 2.05) is 0 Å². The maximum absolute atomic E-state index is 5.49. The summed E-state index contributed by atoms with van der Waals surface area (Å²) in [5.41, 5.74) is 0.438. The van der Waals surface area contributed by atoms with Crippen molar-refractivity contribution in [3.8, 4) is 0 Å². The molecule has 2 aliphatic carbocycles. The monoisotopic (exact) mass is 281 g/mol. The molecular weight excluding hydrogens is 250 g/mol. The van der Waals surface area contributed by atoms with E-state index in [0.29, 0.717) is 11.5 Å². The number of hydrogen-bond donors (Lipinski definition) is 2. The number of rotatable bonds is 8. The van der Waals surface area contributed by atoms with Gasteiger partial charge in [-0.1, -0.05) is 12.8 Å². The first kappa shape index (κ1) is 15.6. The van der Waals surface area contributed by atoms with Gasteiger partial charge in [0, 0.05) is 32.3 Å². The molecule has 0 aromatic carbocycles. The third-order valence-electron chi connectivity index (χ3n) is 4.55. The van der Waals surface area contributed by atoms with Gasteiger partial charge in [0.05, 0.1) is 0 Å². The SMILES string of the molecule is CCNC(=NCC1(CCOCC)CC1)NC1CCCC1. The average molecular weight is 281 g/mol. The minimum atomic E-state index is 0.438. The van der Waals surface area contributed by atoms with Crippen LogP contribution in [0.15, 0.2) is 4.99 Å². The fourth-order valence-corrected chi connectivity index (χ4v) is 2.93. The first-order valence-electron chi connectivity index (χ1n) is 8.40. The van der Waals surface area contributed by atoms with Crippen LogP contribution in [0.25, 0.3) is 0 Å². The Morgan fingerprint density at radius 3 is 2.60 bits per heavy atom. The molecule has 4 heteroatoms. The summed E-state index contributed by atoms with van der Waals surface area (Å²) in [5, 5.41) is 6.98. The van der Waals surface area contributed by atoms with Gasteiger partial charge in [0.1, 0.15) is 0 Å². The van der Waals surface area contributed by atoms with Crippen molar-refractivity contribution >= 4 is 5.96 Å². The fraction of sp³-hybridized carbons (Fsp3) is 0.938. The lowest BCUT2D eigenvalue weighted by Crippen LogP contribution is -2.42. The molecule has 0 bridgehead atoms. The smallest absolute Gasteiger partial charge is 0.191 e. The highest BCUT2D eigenvalue weighted by molar-refractivity contribution is 5.80. The Kier molecular flexibility index (Phi) is 6.14. The van der Waals surface area contributed by atoms with Crippen LogP contribution >= 0.6 is 0 Å². The first-order valence-corrected chi connectivity index (χ1v) is 8.40. The molecule has 2 N–H and O–H groups in total. The number of guanidine groups is 1. The third-order valence-corrected chi connectivity index (χ3v) is 4.55. The molecule has 0 unspecified atom stereocenters. The lowest BCUT2D eigenvalue weighted by Gasteiger charge is -2.18. The molecule has 0 radical (unpaired) electrons. The second-order valence-electron chi connectivity index (χ2n) is 6.27. The standard InChI is InChI=1S/C16H31N3O/c1-3-17-15(19-14-7-5-6-8-14)18-13-16(9-10-16)11-12-20-4-2/h14H,3-13H2,1-2H3,(H2,17,18,19). The topological polar surface area (TPSA) is 45.7 Å². The van der Waals surface area contributed by atoms with E-state index in [4.69, 9.17) is 9.73 Å². The van der Waals surface area contributed by atoms with Gasteiger partial charge in [-0.25, -0.2) is 0 Å². The highest BCUT2D eigenvalue weighted by atomic mass is 16.5. The highest BCUT2D eigenvalue weighted by Gasteiger charge is 2.41. The van der Waals surface area contributed by atoms with Crippen molar-refractivity contribution < 1.29 is 4.74 Å². The predicted octanol–water partition coefficient (Wildman–Crippen LogP) is 2.69. The van der Waals surface area contributed by atoms with Gasteiger partial charge in [-0.05, 0) is 51.4 Å². The summed E-state index contributed by atoms with van der Waals surface area (Å²) in [6.07, 6.45) is 9.08. The molecule has 2 rings (SSSR count). The van der Waals surface area contributed by atoms with Gasteiger partial charge in [0.25, 0.3) is 0 Å². The van der Waals surface area contributed by atoms with E-state index in [1.54, 1.807) is 0 Å². The molecule has 2 fully saturated rings. The number of hydrogen-bond acceptors (Lipinski definition) is 2. The molecule has 116 valence electrons. The van der Waals surface area contributed by atoms with Crippen LogP contribution in [0.4, 0.5) is 0 Å². The van der Waals surface area contributed by atoms with Gasteiger partial charge < -0.3 is 15.4 Å². The van der Waals surface area contributed by atoms with Crippen LogP contribution in [0.5, 0.6) is 0 Å². The molecule has 0 atom stereocenters. The summed E-state index contributed by atoms with van der Waals surface area (Å²) in [6.45, 7) is 7.79. The number of nitrogens with one attached hydrogen (secondary N) is 2. The zero-order chi connectivity index (χ0) is 14.3. The van der Waals surface area contributed by atoms with Crippen LogP contribution in [-0.2, 0) is 4.74 Å². The van der Waals surface area contributed by atoms with Gasteiger partial charge in [-0.3, -0.25) is 4.99 Å². The Hall–Kier alpha value is -0.770. The minimum absolute atomic E-state index is 0.438. The second-order valence-corrected chi connectivity index (χ2v) is 6.27. The molecule has 20 heavy (non-hydrogen) atoms. The van der Waals surface area contributed by atoms with Gasteiger partial charge in [0.15, 0.2) is 5.96 Å². The molecule has 2 aliphatic rings. The Morgan fingerprint density at radius 2 is 2.00 bits per heavy atom. The van der Waals surface area contributed by atoms with Crippen LogP contribution < -0.4 is 10.6 Å². The van der Waals surface area contributed by atoms with E-state index < -0.39 is 0 Å². The van der Waals surface area contributed by atoms with Crippen LogP contribution in [-0.4, -0.2) is 38.3 Å². The van der Waals surface area contributed by atoms with Gasteiger partial charge in [0.2, 0.25) is 0 Å². The van der Waals surface area contributed by atoms with Gasteiger partial charge in [-0.15, -0.1) is 0 Å². The number of ether oxygens (including phenoxy) is 1. The maximum atomic E-state index is 5.49. The second kappa shape index (κ2) is 7.87. The lowest BCUT2D eigenvalue weighted by molar-refractivity contribution is 0.129. The van der Waals surface area contributed by atoms with Crippen LogP contribution in [0.2, 0.25) is 0 Å². The fourth-order valence-electron chi connectivity index (χ4n) is 2.93. The summed E-state index contributed by atoms with van der Waals surface area (Å²) in [4.78, 5) is 4.83. The largest absolute Gasteiger partial charge is 0.382 e. The maximum Gasteiger partial charge on any atom is 0.191 e. The Morgan fingerprint density at radius 1 is 1.25 bits per heavy atom. The summed E-state index contributed by atoms with van der Waals surface area (Å²) in [6, 6.07) is 0.631. The molecule has 4 nitrogen and oxygen atoms in total. The van der Waals surface area contributed by atoms with Crippen LogP contribution in [0.3, 0.4) is 0 Å². The Labute approximate surface area is 123 Å². The quantitative estimate of drug-likeness (QED) is 0.408. The normalized spacial score (nSPS) is 22.0. The lowest BCUT2D eigenvalue weighted by atomic mass is 10.0. The van der Waals surface area contributed by atoms with Crippen molar-refractivity contribution in [1.29, 1.82) is 0 Å². The molecule has 0 spiro atoms. The zero-order valence-electron chi connectivity index (χ0n) is 13.2. The summed E-state index contributed by atoms with van der Waals surface area (Å²) in [5.74, 6) is 1.02. The third kappa shape index (κ3) is 4.97. The Bertz CT molecular complexity index is 307. The van der Waals surface area contributed by atoms with Crippen LogP contribution in [0, 0.1) is 5.41 Å². The van der Waals surface area contributed by atoms with E-state index in [9.17, 15) is 0 Å². The van der Waals surface area contributed by atoms with E-state index in [-0.39, 0.29) is 0 Å². The molecule has 0 heterocycles. The van der Waals surface area contributed by atoms with Crippen molar-refractivity contribution in [2.75, 3.05) is 26.3 Å². The molecule has 0 aromatic rings. The van der Waals surface area contributed by atoms with Gasteiger partial charge >= 0.3 is 0 Å². The summed E-state index contributed by atoms with van der Waals surface area (Å²) >= 11 is 0. The number of nitrogens with zero attached hydrogens (tertiary/aromatic N) is 1. The van der Waals surface area contributed by atoms with E-state index in [0.717, 1.165) is 38.7 Å². The van der Waals surface area contributed by atoms with Crippen molar-refractivity contribution in [1.82, 2.24) is 10.6 Å². The molecule has 0 aliphatic heterocycles. The molecule has 0 amide bonds. The number of aliphatic imine (C=N–C) groups is 1. The molecule has 2 saturated carbocycles. The van der Waals surface area contributed by atoms with Crippen LogP contribution in [0.1, 0.15) is 58.8 Å². The summed E-state index contributed by atoms with van der Waals surface area (Å²) in [7, 11) is 0. The van der Waals surface area contributed by atoms with Gasteiger partial charge in [-0.2, -0.15) is 0 Å². The molecular formula is C16H31N3O. The predicted molar refractivity (Wildman–Crippen MR) is 84.1 cm³/mol. The van der Waals surface area contributed by atoms with Crippen molar-refractivity contribution in [2.45, 2.75) is 64.8 Å². The van der Waals surface area contributed by atoms with Crippen molar-refractivity contribution in [3.05, 3.63) is 0 Å². The molecule has 0 saturated heterocycles. The summed E-state index contributed by atoms with van der Waals surface area (Å²) < 4.78 is 5.49. The minimum Gasteiger partial charge on any atom is -0.382 e. The highest BCUT2D eigenvalue weighted by Crippen LogP contribution is 2.49. The van der Waals surface area contributed by atoms with E-state index in [2.05, 4.69) is 24.5 Å². The zero-order valence-corrected chi connectivity index (χ0v) is 13.2. The molecule has 0 aromatic heterocycles. The Balaban J connectivity index is 1.78. The first-order chi connectivity index (χ1) is 9.78. The van der Waals surface area contributed by atoms with Crippen molar-refractivity contribution in [3.63, 3.8) is 0 Å². The average Bonchev–Trinajstić information content (AvgIpc) is 3.02. The van der Waals surface area contributed by atoms with Crippen molar-refractivity contribution in [2.24, 2.45) is 10.4 Å².